The van der Waals surface area contributed by atoms with E-state index in [1.54, 1.807) is 0 Å². The van der Waals surface area contributed by atoms with Gasteiger partial charge in [0.2, 0.25) is 0 Å². The normalized spacial score (nSPS) is 13.7. The van der Waals surface area contributed by atoms with Crippen molar-refractivity contribution in [3.8, 4) is 11.1 Å². The molecule has 0 atom stereocenters. The van der Waals surface area contributed by atoms with Crippen molar-refractivity contribution in [1.29, 1.82) is 0 Å². The van der Waals surface area contributed by atoms with Gasteiger partial charge in [-0.1, -0.05) is 83.9 Å². The fourth-order valence-electron chi connectivity index (χ4n) is 5.59. The summed E-state index contributed by atoms with van der Waals surface area (Å²) in [7, 11) is 0. The van der Waals surface area contributed by atoms with Crippen molar-refractivity contribution < 1.29 is 0 Å². The largest absolute Gasteiger partial charge is 0.0719 e. The van der Waals surface area contributed by atoms with Gasteiger partial charge < -0.3 is 0 Å². The average molecular weight is 403 g/mol. The summed E-state index contributed by atoms with van der Waals surface area (Å²) in [4.78, 5) is 0. The molecule has 1 aliphatic carbocycles. The summed E-state index contributed by atoms with van der Waals surface area (Å²) in [6, 6.07) is 27.7. The molecule has 0 radical (unpaired) electrons. The van der Waals surface area contributed by atoms with Gasteiger partial charge in [-0.15, -0.1) is 0 Å². The molecule has 0 fully saturated rings. The van der Waals surface area contributed by atoms with Gasteiger partial charge in [0.1, 0.15) is 0 Å². The Kier molecular flexibility index (Phi) is 4.45. The molecular weight excluding hydrogens is 372 g/mol. The molecule has 0 aromatic heterocycles. The first-order valence-corrected chi connectivity index (χ1v) is 11.2. The van der Waals surface area contributed by atoms with E-state index in [1.165, 1.54) is 66.8 Å². The second-order valence-corrected chi connectivity index (χ2v) is 9.34. The minimum atomic E-state index is -0.311. The highest BCUT2D eigenvalue weighted by Crippen LogP contribution is 2.58. The highest BCUT2D eigenvalue weighted by atomic mass is 14.5. The van der Waals surface area contributed by atoms with Crippen molar-refractivity contribution in [3.63, 3.8) is 0 Å². The van der Waals surface area contributed by atoms with Gasteiger partial charge in [-0.25, -0.2) is 0 Å². The molecule has 0 N–H and O–H groups in total. The highest BCUT2D eigenvalue weighted by molar-refractivity contribution is 5.87. The quantitative estimate of drug-likeness (QED) is 0.281. The summed E-state index contributed by atoms with van der Waals surface area (Å²) in [5.74, 6) is 0. The van der Waals surface area contributed by atoms with Crippen LogP contribution < -0.4 is 0 Å². The maximum Gasteiger partial charge on any atom is 0.0719 e. The summed E-state index contributed by atoms with van der Waals surface area (Å²) in [6.45, 7) is 13.5. The molecule has 4 aromatic rings. The first-order valence-electron chi connectivity index (χ1n) is 11.2. The number of fused-ring (bicyclic) bond motifs is 3. The van der Waals surface area contributed by atoms with Gasteiger partial charge in [0.25, 0.3) is 0 Å². The van der Waals surface area contributed by atoms with Crippen LogP contribution in [0.1, 0.15) is 55.6 Å². The molecule has 4 aromatic carbocycles. The monoisotopic (exact) mass is 402 g/mol. The van der Waals surface area contributed by atoms with Gasteiger partial charge in [-0.2, -0.15) is 0 Å². The Morgan fingerprint density at radius 1 is 0.452 bits per heavy atom. The van der Waals surface area contributed by atoms with E-state index < -0.39 is 0 Å². The van der Waals surface area contributed by atoms with Crippen molar-refractivity contribution in [3.05, 3.63) is 128 Å². The van der Waals surface area contributed by atoms with Crippen LogP contribution in [0.5, 0.6) is 0 Å². The second-order valence-electron chi connectivity index (χ2n) is 9.34. The van der Waals surface area contributed by atoms with Crippen LogP contribution in [0.4, 0.5) is 0 Å². The van der Waals surface area contributed by atoms with Gasteiger partial charge in [-0.3, -0.25) is 0 Å². The van der Waals surface area contributed by atoms with Gasteiger partial charge in [0, 0.05) is 0 Å². The fraction of sp³-hybridized carbons (Fsp3) is 0.226. The Hall–Kier alpha value is -3.12. The first-order chi connectivity index (χ1) is 14.9. The van der Waals surface area contributed by atoms with E-state index >= 15 is 0 Å². The van der Waals surface area contributed by atoms with Crippen molar-refractivity contribution in [2.45, 2.75) is 47.0 Å². The van der Waals surface area contributed by atoms with Crippen molar-refractivity contribution in [2.24, 2.45) is 0 Å². The summed E-state index contributed by atoms with van der Waals surface area (Å²) in [5, 5.41) is 0. The van der Waals surface area contributed by atoms with Crippen LogP contribution in [0.3, 0.4) is 0 Å². The number of benzene rings is 4. The van der Waals surface area contributed by atoms with Gasteiger partial charge in [0.15, 0.2) is 0 Å². The molecular formula is C31H30. The molecule has 31 heavy (non-hydrogen) atoms. The predicted octanol–water partition coefficient (Wildman–Crippen LogP) is 7.90. The first kappa shape index (κ1) is 19.8. The van der Waals surface area contributed by atoms with E-state index in [0.717, 1.165) is 0 Å². The molecule has 1 aliphatic rings. The lowest BCUT2D eigenvalue weighted by molar-refractivity contribution is 0.749. The summed E-state index contributed by atoms with van der Waals surface area (Å²) in [5.41, 5.74) is 16.1. The number of aryl methyl sites for hydroxylation is 4. The third-order valence-electron chi connectivity index (χ3n) is 7.47. The molecule has 0 nitrogen and oxygen atoms in total. The van der Waals surface area contributed by atoms with Crippen LogP contribution >= 0.6 is 0 Å². The molecule has 0 amide bonds. The minimum absolute atomic E-state index is 0.311. The van der Waals surface area contributed by atoms with Gasteiger partial charge in [0.05, 0.1) is 5.41 Å². The standard InChI is InChI=1S/C31H30/c1-19-13-15-25-26-16-14-20(2)18-30(26)31(29(25)17-19,27-11-7-9-21(3)23(27)5)28-12-8-10-22(4)24(28)6/h7-18H,1-6H3. The zero-order valence-corrected chi connectivity index (χ0v) is 19.4. The van der Waals surface area contributed by atoms with Crippen molar-refractivity contribution >= 4 is 0 Å². The molecule has 0 aliphatic heterocycles. The number of hydrogen-bond donors (Lipinski definition) is 0. The van der Waals surface area contributed by atoms with E-state index in [9.17, 15) is 0 Å². The minimum Gasteiger partial charge on any atom is -0.0617 e. The third kappa shape index (κ3) is 2.67. The lowest BCUT2D eigenvalue weighted by Gasteiger charge is -2.37. The van der Waals surface area contributed by atoms with Crippen molar-refractivity contribution in [2.75, 3.05) is 0 Å². The van der Waals surface area contributed by atoms with E-state index in [4.69, 9.17) is 0 Å². The zero-order valence-electron chi connectivity index (χ0n) is 19.4. The van der Waals surface area contributed by atoms with Crippen molar-refractivity contribution in [1.82, 2.24) is 0 Å². The Labute approximate surface area is 186 Å². The van der Waals surface area contributed by atoms with E-state index in [1.807, 2.05) is 0 Å². The summed E-state index contributed by atoms with van der Waals surface area (Å²) < 4.78 is 0. The van der Waals surface area contributed by atoms with Crippen LogP contribution in [0, 0.1) is 41.5 Å². The molecule has 0 saturated carbocycles. The number of rotatable bonds is 2. The zero-order chi connectivity index (χ0) is 21.9. The Morgan fingerprint density at radius 2 is 0.871 bits per heavy atom. The Balaban J connectivity index is 2.07. The predicted molar refractivity (Wildman–Crippen MR) is 132 cm³/mol. The van der Waals surface area contributed by atoms with E-state index in [-0.39, 0.29) is 5.41 Å². The molecule has 0 heteroatoms. The Bertz CT molecular complexity index is 1230. The molecule has 0 spiro atoms. The molecule has 0 unspecified atom stereocenters. The number of hydrogen-bond acceptors (Lipinski definition) is 0. The lowest BCUT2D eigenvalue weighted by atomic mass is 9.64. The summed E-state index contributed by atoms with van der Waals surface area (Å²) in [6.07, 6.45) is 0. The molecule has 0 saturated heterocycles. The smallest absolute Gasteiger partial charge is 0.0617 e. The van der Waals surface area contributed by atoms with Crippen LogP contribution in [-0.2, 0) is 5.41 Å². The van der Waals surface area contributed by atoms with Gasteiger partial charge >= 0.3 is 0 Å². The van der Waals surface area contributed by atoms with Crippen LogP contribution in [0.25, 0.3) is 11.1 Å². The van der Waals surface area contributed by atoms with Gasteiger partial charge in [-0.05, 0) is 97.2 Å². The van der Waals surface area contributed by atoms with E-state index in [0.29, 0.717) is 0 Å². The fourth-order valence-corrected chi connectivity index (χ4v) is 5.59. The average Bonchev–Trinajstić information content (AvgIpc) is 3.01. The maximum atomic E-state index is 2.42. The second kappa shape index (κ2) is 6.95. The molecule has 0 bridgehead atoms. The summed E-state index contributed by atoms with van der Waals surface area (Å²) >= 11 is 0. The van der Waals surface area contributed by atoms with Crippen LogP contribution in [0.15, 0.2) is 72.8 Å². The molecule has 154 valence electrons. The van der Waals surface area contributed by atoms with E-state index in [2.05, 4.69) is 114 Å². The molecule has 5 rings (SSSR count). The lowest BCUT2D eigenvalue weighted by Crippen LogP contribution is -2.31. The van der Waals surface area contributed by atoms with Crippen LogP contribution in [0.2, 0.25) is 0 Å². The maximum absolute atomic E-state index is 2.42. The molecule has 0 heterocycles. The third-order valence-corrected chi connectivity index (χ3v) is 7.47. The van der Waals surface area contributed by atoms with Crippen LogP contribution in [-0.4, -0.2) is 0 Å². The highest BCUT2D eigenvalue weighted by Gasteiger charge is 2.47. The topological polar surface area (TPSA) is 0 Å². The Morgan fingerprint density at radius 3 is 1.29 bits per heavy atom. The SMILES string of the molecule is Cc1ccc2c(c1)C(c1cccc(C)c1C)(c1cccc(C)c1C)c1cc(C)ccc1-2.